The van der Waals surface area contributed by atoms with Crippen molar-refractivity contribution in [1.29, 1.82) is 0 Å². The summed E-state index contributed by atoms with van der Waals surface area (Å²) in [6.45, 7) is 1.43. The molecule has 182 valence electrons. The van der Waals surface area contributed by atoms with Gasteiger partial charge in [-0.15, -0.1) is 0 Å². The van der Waals surface area contributed by atoms with E-state index >= 15 is 0 Å². The van der Waals surface area contributed by atoms with Gasteiger partial charge in [0.05, 0.1) is 12.3 Å². The monoisotopic (exact) mass is 451 g/mol. The predicted molar refractivity (Wildman–Crippen MR) is 120 cm³/mol. The molecule has 0 aromatic carbocycles. The zero-order chi connectivity index (χ0) is 22.3. The number of hydrogen-bond donors (Lipinski definition) is 7. The molecular weight excluding hydrogens is 410 g/mol. The first-order chi connectivity index (χ1) is 15.6. The van der Waals surface area contributed by atoms with Gasteiger partial charge < -0.3 is 16.4 Å². The van der Waals surface area contributed by atoms with Gasteiger partial charge in [-0.05, 0) is 57.4 Å². The van der Waals surface area contributed by atoms with E-state index in [0.717, 1.165) is 51.5 Å². The fraction of sp³-hybridized carbons (Fsp3) is 0.909. The molecule has 2 amide bonds. The summed E-state index contributed by atoms with van der Waals surface area (Å²) in [7, 11) is 0. The lowest BCUT2D eigenvalue weighted by Crippen LogP contribution is -2.64. The van der Waals surface area contributed by atoms with Crippen molar-refractivity contribution in [3.8, 4) is 0 Å². The van der Waals surface area contributed by atoms with Gasteiger partial charge in [0.1, 0.15) is 6.23 Å². The van der Waals surface area contributed by atoms with Gasteiger partial charge in [0.2, 0.25) is 11.8 Å². The Bertz CT molecular complexity index is 637. The molecule has 4 fully saturated rings. The van der Waals surface area contributed by atoms with E-state index in [1.807, 2.05) is 0 Å². The van der Waals surface area contributed by atoms with Gasteiger partial charge >= 0.3 is 0 Å². The van der Waals surface area contributed by atoms with Crippen LogP contribution in [0.25, 0.3) is 0 Å². The topological polar surface area (TPSA) is 142 Å². The number of nitrogens with one attached hydrogen (secondary N) is 6. The molecule has 8 N–H and O–H groups in total. The molecule has 10 heteroatoms. The molecule has 4 aliphatic rings. The maximum atomic E-state index is 12.2. The molecule has 32 heavy (non-hydrogen) atoms. The number of rotatable bonds is 9. The summed E-state index contributed by atoms with van der Waals surface area (Å²) in [5, 5.41) is 9.96. The molecule has 4 rings (SSSR count). The van der Waals surface area contributed by atoms with Crippen molar-refractivity contribution in [3.63, 3.8) is 0 Å². The quantitative estimate of drug-likeness (QED) is 0.242. The molecule has 0 bridgehead atoms. The molecule has 2 aliphatic heterocycles. The molecule has 0 radical (unpaired) electrons. The highest BCUT2D eigenvalue weighted by atomic mass is 16.7. The van der Waals surface area contributed by atoms with Gasteiger partial charge in [-0.3, -0.25) is 25.2 Å². The highest BCUT2D eigenvalue weighted by molar-refractivity contribution is 5.79. The lowest BCUT2D eigenvalue weighted by atomic mass is 9.76. The van der Waals surface area contributed by atoms with Gasteiger partial charge in [0.15, 0.2) is 0 Å². The zero-order valence-corrected chi connectivity index (χ0v) is 19.0. The third-order valence-electron chi connectivity index (χ3n) is 7.54. The summed E-state index contributed by atoms with van der Waals surface area (Å²) in [6, 6.07) is 0.286. The first-order valence-electron chi connectivity index (χ1n) is 12.6. The number of amides is 2. The molecule has 2 saturated heterocycles. The molecule has 10 nitrogen and oxygen atoms in total. The van der Waals surface area contributed by atoms with Gasteiger partial charge in [0.25, 0.3) is 0 Å². The summed E-state index contributed by atoms with van der Waals surface area (Å²) in [4.78, 5) is 29.9. The summed E-state index contributed by atoms with van der Waals surface area (Å²) >= 11 is 0. The molecule has 2 heterocycles. The lowest BCUT2D eigenvalue weighted by molar-refractivity contribution is -0.134. The van der Waals surface area contributed by atoms with E-state index in [9.17, 15) is 9.59 Å². The smallest absolute Gasteiger partial charge is 0.237 e. The average Bonchev–Trinajstić information content (AvgIpc) is 3.28. The lowest BCUT2D eigenvalue weighted by Gasteiger charge is -2.41. The van der Waals surface area contributed by atoms with Crippen LogP contribution in [0, 0.1) is 17.8 Å². The number of hydroxylamine groups is 1. The molecular formula is C22H41N7O3. The Morgan fingerprint density at radius 1 is 1.12 bits per heavy atom. The van der Waals surface area contributed by atoms with Crippen LogP contribution in [-0.4, -0.2) is 49.5 Å². The minimum Gasteiger partial charge on any atom is -0.356 e. The van der Waals surface area contributed by atoms with Crippen molar-refractivity contribution >= 4 is 11.8 Å². The number of carbonyl (C=O) groups excluding carboxylic acids is 2. The first-order valence-corrected chi connectivity index (χ1v) is 12.6. The van der Waals surface area contributed by atoms with Gasteiger partial charge in [-0.25, -0.2) is 5.43 Å². The van der Waals surface area contributed by atoms with Crippen molar-refractivity contribution in [2.75, 3.05) is 13.1 Å². The van der Waals surface area contributed by atoms with Crippen LogP contribution in [0.1, 0.15) is 70.6 Å². The van der Waals surface area contributed by atoms with E-state index in [4.69, 9.17) is 10.6 Å². The number of hydrazine groups is 1. The van der Waals surface area contributed by atoms with Gasteiger partial charge in [-0.1, -0.05) is 19.3 Å². The van der Waals surface area contributed by atoms with Crippen molar-refractivity contribution in [2.45, 2.75) is 95.2 Å². The molecule has 7 unspecified atom stereocenters. The van der Waals surface area contributed by atoms with Crippen molar-refractivity contribution in [2.24, 2.45) is 23.5 Å². The minimum absolute atomic E-state index is 0.0499. The van der Waals surface area contributed by atoms with Crippen molar-refractivity contribution in [1.82, 2.24) is 32.3 Å². The van der Waals surface area contributed by atoms with Crippen LogP contribution in [0.3, 0.4) is 0 Å². The number of hydrogen-bond acceptors (Lipinski definition) is 8. The number of carbonyl (C=O) groups is 2. The maximum Gasteiger partial charge on any atom is 0.237 e. The Kier molecular flexibility index (Phi) is 8.73. The fourth-order valence-electron chi connectivity index (χ4n) is 5.73. The van der Waals surface area contributed by atoms with E-state index < -0.39 is 0 Å². The van der Waals surface area contributed by atoms with Crippen LogP contribution in [0.4, 0.5) is 0 Å². The zero-order valence-electron chi connectivity index (χ0n) is 19.0. The normalized spacial score (nSPS) is 37.5. The number of nitrogens with two attached hydrogens (primary N) is 1. The third-order valence-corrected chi connectivity index (χ3v) is 7.54. The third kappa shape index (κ3) is 6.39. The molecule has 7 atom stereocenters. The maximum absolute atomic E-state index is 12.2. The SMILES string of the molecule is NC1CCCC(C2NOC(CCC(=O)NCCCNC3NNC(=O)C4CCCCC34)N2)C1. The highest BCUT2D eigenvalue weighted by Gasteiger charge is 2.39. The summed E-state index contributed by atoms with van der Waals surface area (Å²) in [6.07, 6.45) is 10.9. The summed E-state index contributed by atoms with van der Waals surface area (Å²) < 4.78 is 0. The van der Waals surface area contributed by atoms with Crippen molar-refractivity contribution < 1.29 is 14.4 Å². The average molecular weight is 452 g/mol. The summed E-state index contributed by atoms with van der Waals surface area (Å²) in [5.74, 6) is 1.14. The van der Waals surface area contributed by atoms with Crippen LogP contribution in [0.2, 0.25) is 0 Å². The van der Waals surface area contributed by atoms with Crippen LogP contribution in [-0.2, 0) is 14.4 Å². The Morgan fingerprint density at radius 2 is 2.00 bits per heavy atom. The van der Waals surface area contributed by atoms with Gasteiger partial charge in [-0.2, -0.15) is 5.48 Å². The minimum atomic E-state index is -0.137. The first kappa shape index (κ1) is 23.8. The Labute approximate surface area is 190 Å². The molecule has 0 aromatic heterocycles. The largest absolute Gasteiger partial charge is 0.356 e. The molecule has 2 aliphatic carbocycles. The second kappa shape index (κ2) is 11.7. The van der Waals surface area contributed by atoms with E-state index in [1.165, 1.54) is 12.8 Å². The molecule has 2 saturated carbocycles. The van der Waals surface area contributed by atoms with E-state index in [-0.39, 0.29) is 42.3 Å². The number of fused-ring (bicyclic) bond motifs is 1. The van der Waals surface area contributed by atoms with Crippen molar-refractivity contribution in [3.05, 3.63) is 0 Å². The highest BCUT2D eigenvalue weighted by Crippen LogP contribution is 2.33. The van der Waals surface area contributed by atoms with Crippen LogP contribution in [0.5, 0.6) is 0 Å². The van der Waals surface area contributed by atoms with Crippen LogP contribution in [0.15, 0.2) is 0 Å². The van der Waals surface area contributed by atoms with E-state index in [2.05, 4.69) is 32.3 Å². The second-order valence-corrected chi connectivity index (χ2v) is 9.92. The van der Waals surface area contributed by atoms with E-state index in [0.29, 0.717) is 31.2 Å². The molecule has 0 spiro atoms. The molecule has 0 aromatic rings. The Hall–Kier alpha value is -1.30. The van der Waals surface area contributed by atoms with Crippen LogP contribution < -0.4 is 38.0 Å². The van der Waals surface area contributed by atoms with E-state index in [1.54, 1.807) is 0 Å². The second-order valence-electron chi connectivity index (χ2n) is 9.92. The Balaban J connectivity index is 1.05. The van der Waals surface area contributed by atoms with Crippen LogP contribution >= 0.6 is 0 Å². The summed E-state index contributed by atoms with van der Waals surface area (Å²) in [5.41, 5.74) is 15.1. The standard InChI is InChI=1S/C22H41N7O3/c23-15-6-3-5-14(13-15)20-26-19(32-29-20)10-9-18(30)24-11-4-12-25-21-16-7-1-2-8-17(16)22(31)28-27-21/h14-17,19-21,25-27,29H,1-13,23H2,(H,24,30)(H,28,31). The van der Waals surface area contributed by atoms with Gasteiger partial charge in [0, 0.05) is 30.8 Å². The predicted octanol–water partition coefficient (Wildman–Crippen LogP) is -0.0765. The fourth-order valence-corrected chi connectivity index (χ4v) is 5.73. The Morgan fingerprint density at radius 3 is 2.88 bits per heavy atom.